The third kappa shape index (κ3) is 7.36. The highest BCUT2D eigenvalue weighted by Gasteiger charge is 2.33. The maximum Gasteiger partial charge on any atom is 0.264 e. The molecule has 2 amide bonds. The predicted octanol–water partition coefficient (Wildman–Crippen LogP) is 5.18. The Kier molecular flexibility index (Phi) is 10.3. The summed E-state index contributed by atoms with van der Waals surface area (Å²) in [5, 5.41) is 3.43. The number of nitrogens with one attached hydrogen (secondary N) is 1. The maximum absolute atomic E-state index is 13.9. The molecule has 0 heterocycles. The summed E-state index contributed by atoms with van der Waals surface area (Å²) in [5.41, 5.74) is 2.05. The van der Waals surface area contributed by atoms with Crippen molar-refractivity contribution in [2.75, 3.05) is 17.4 Å². The van der Waals surface area contributed by atoms with Gasteiger partial charge in [0.1, 0.15) is 12.6 Å². The van der Waals surface area contributed by atoms with Crippen LogP contribution in [0.3, 0.4) is 0 Å². The summed E-state index contributed by atoms with van der Waals surface area (Å²) in [6, 6.07) is 21.2. The number of sulfonamides is 1. The highest BCUT2D eigenvalue weighted by Crippen LogP contribution is 2.25. The Morgan fingerprint density at radius 2 is 1.55 bits per heavy atom. The van der Waals surface area contributed by atoms with E-state index in [0.29, 0.717) is 23.7 Å². The van der Waals surface area contributed by atoms with Crippen LogP contribution in [0.25, 0.3) is 0 Å². The molecule has 7 nitrogen and oxygen atoms in total. The molecular weight excluding hydrogens is 522 g/mol. The van der Waals surface area contributed by atoms with E-state index in [0.717, 1.165) is 21.9 Å². The van der Waals surface area contributed by atoms with Crippen LogP contribution in [0.1, 0.15) is 37.8 Å². The zero-order chi connectivity index (χ0) is 27.7. The van der Waals surface area contributed by atoms with E-state index >= 15 is 0 Å². The van der Waals surface area contributed by atoms with Gasteiger partial charge in [0.05, 0.1) is 10.6 Å². The van der Waals surface area contributed by atoms with Gasteiger partial charge in [-0.25, -0.2) is 8.42 Å². The molecule has 0 aliphatic carbocycles. The zero-order valence-corrected chi connectivity index (χ0v) is 23.5. The molecule has 202 valence electrons. The molecule has 0 unspecified atom stereocenters. The number of nitrogens with zero attached hydrogens (tertiary/aromatic N) is 2. The molecule has 0 aliphatic rings. The lowest BCUT2D eigenvalue weighted by atomic mass is 10.1. The van der Waals surface area contributed by atoms with Crippen LogP contribution in [-0.4, -0.2) is 44.3 Å². The van der Waals surface area contributed by atoms with Gasteiger partial charge in [-0.15, -0.1) is 0 Å². The number of hydrogen-bond donors (Lipinski definition) is 1. The van der Waals surface area contributed by atoms with Crippen molar-refractivity contribution < 1.29 is 18.0 Å². The van der Waals surface area contributed by atoms with E-state index in [4.69, 9.17) is 11.6 Å². The molecule has 9 heteroatoms. The van der Waals surface area contributed by atoms with Crippen molar-refractivity contribution in [3.63, 3.8) is 0 Å². The number of carbonyl (C=O) groups excluding carboxylic acids is 2. The second-order valence-electron chi connectivity index (χ2n) is 9.02. The molecule has 0 fully saturated rings. The lowest BCUT2D eigenvalue weighted by Crippen LogP contribution is -2.52. The molecule has 1 N–H and O–H groups in total. The summed E-state index contributed by atoms with van der Waals surface area (Å²) in [6.07, 6.45) is 1.12. The zero-order valence-electron chi connectivity index (χ0n) is 21.9. The van der Waals surface area contributed by atoms with Crippen LogP contribution >= 0.6 is 11.6 Å². The first kappa shape index (κ1) is 29.2. The van der Waals surface area contributed by atoms with Gasteiger partial charge in [0.2, 0.25) is 11.8 Å². The number of benzene rings is 3. The lowest BCUT2D eigenvalue weighted by molar-refractivity contribution is -0.140. The number of amides is 2. The molecule has 0 spiro atoms. The average molecular weight is 556 g/mol. The highest BCUT2D eigenvalue weighted by molar-refractivity contribution is 7.92. The fourth-order valence-electron chi connectivity index (χ4n) is 4.03. The summed E-state index contributed by atoms with van der Waals surface area (Å²) in [5.74, 6) is -0.762. The number of para-hydroxylation sites is 1. The van der Waals surface area contributed by atoms with Crippen LogP contribution in [0.15, 0.2) is 83.8 Å². The van der Waals surface area contributed by atoms with Crippen LogP contribution in [0.2, 0.25) is 5.02 Å². The van der Waals surface area contributed by atoms with E-state index in [9.17, 15) is 18.0 Å². The van der Waals surface area contributed by atoms with Gasteiger partial charge >= 0.3 is 0 Å². The number of halogens is 1. The monoisotopic (exact) mass is 555 g/mol. The molecule has 3 aromatic carbocycles. The first-order valence-corrected chi connectivity index (χ1v) is 14.4. The van der Waals surface area contributed by atoms with Crippen molar-refractivity contribution in [2.45, 2.75) is 51.1 Å². The van der Waals surface area contributed by atoms with Crippen molar-refractivity contribution in [2.24, 2.45) is 0 Å². The van der Waals surface area contributed by atoms with Crippen LogP contribution in [0, 0.1) is 6.92 Å². The molecule has 0 radical (unpaired) electrons. The Morgan fingerprint density at radius 3 is 2.13 bits per heavy atom. The van der Waals surface area contributed by atoms with E-state index in [-0.39, 0.29) is 17.3 Å². The molecule has 0 bridgehead atoms. The maximum atomic E-state index is 13.9. The number of carbonyl (C=O) groups is 2. The van der Waals surface area contributed by atoms with Gasteiger partial charge in [-0.2, -0.15) is 0 Å². The number of hydrogen-bond acceptors (Lipinski definition) is 4. The second kappa shape index (κ2) is 13.4. The van der Waals surface area contributed by atoms with Gasteiger partial charge in [0.25, 0.3) is 10.0 Å². The minimum atomic E-state index is -4.08. The van der Waals surface area contributed by atoms with Gasteiger partial charge in [0, 0.05) is 18.1 Å². The van der Waals surface area contributed by atoms with Crippen LogP contribution < -0.4 is 9.62 Å². The van der Waals surface area contributed by atoms with Crippen LogP contribution in [0.4, 0.5) is 5.69 Å². The third-order valence-corrected chi connectivity index (χ3v) is 8.17. The Labute approximate surface area is 230 Å². The highest BCUT2D eigenvalue weighted by atomic mass is 35.5. The normalized spacial score (nSPS) is 12.0. The number of anilines is 1. The fraction of sp³-hybridized carbons (Fsp3) is 0.310. The van der Waals surface area contributed by atoms with Crippen molar-refractivity contribution in [1.29, 1.82) is 0 Å². The summed E-state index contributed by atoms with van der Waals surface area (Å²) in [7, 11) is -4.08. The largest absolute Gasteiger partial charge is 0.354 e. The molecule has 3 rings (SSSR count). The Bertz CT molecular complexity index is 1310. The molecular formula is C29H34ClN3O4S. The predicted molar refractivity (Wildman–Crippen MR) is 152 cm³/mol. The van der Waals surface area contributed by atoms with Crippen molar-refractivity contribution in [3.05, 3.63) is 95.0 Å². The van der Waals surface area contributed by atoms with Gasteiger partial charge in [-0.05, 0) is 61.7 Å². The average Bonchev–Trinajstić information content (AvgIpc) is 2.92. The first-order chi connectivity index (χ1) is 18.2. The molecule has 1 atom stereocenters. The van der Waals surface area contributed by atoms with E-state index < -0.39 is 28.5 Å². The van der Waals surface area contributed by atoms with Crippen molar-refractivity contribution in [1.82, 2.24) is 10.2 Å². The van der Waals surface area contributed by atoms with Crippen molar-refractivity contribution >= 4 is 39.1 Å². The smallest absolute Gasteiger partial charge is 0.264 e. The molecule has 38 heavy (non-hydrogen) atoms. The summed E-state index contributed by atoms with van der Waals surface area (Å²) in [6.45, 7) is 5.79. The van der Waals surface area contributed by atoms with Gasteiger partial charge in [-0.1, -0.05) is 73.5 Å². The topological polar surface area (TPSA) is 86.8 Å². The number of aryl methyl sites for hydroxylation is 1. The third-order valence-electron chi connectivity index (χ3n) is 6.13. The molecule has 0 saturated heterocycles. The van der Waals surface area contributed by atoms with E-state index in [1.54, 1.807) is 66.7 Å². The van der Waals surface area contributed by atoms with Gasteiger partial charge in [-0.3, -0.25) is 13.9 Å². The second-order valence-corrected chi connectivity index (χ2v) is 11.3. The quantitative estimate of drug-likeness (QED) is 0.334. The Morgan fingerprint density at radius 1 is 0.921 bits per heavy atom. The molecule has 3 aromatic rings. The standard InChI is InChI=1S/C29H34ClN3O4S/c1-4-19-31-29(35)27(5-2)32(20-23-13-15-24(30)16-14-23)28(34)21-33(25-9-7-6-8-10-25)38(36,37)26-17-11-22(3)12-18-26/h6-18,27H,4-5,19-21H2,1-3H3,(H,31,35)/t27-/m1/s1. The Balaban J connectivity index is 2.01. The van der Waals surface area contributed by atoms with Crippen molar-refractivity contribution in [3.8, 4) is 0 Å². The summed E-state index contributed by atoms with van der Waals surface area (Å²) >= 11 is 6.05. The van der Waals surface area contributed by atoms with E-state index in [1.807, 2.05) is 20.8 Å². The lowest BCUT2D eigenvalue weighted by Gasteiger charge is -2.33. The van der Waals surface area contributed by atoms with Crippen LogP contribution in [0.5, 0.6) is 0 Å². The summed E-state index contributed by atoms with van der Waals surface area (Å²) < 4.78 is 28.7. The van der Waals surface area contributed by atoms with E-state index in [1.165, 1.54) is 17.0 Å². The molecule has 0 saturated carbocycles. The minimum Gasteiger partial charge on any atom is -0.354 e. The first-order valence-electron chi connectivity index (χ1n) is 12.6. The minimum absolute atomic E-state index is 0.0803. The van der Waals surface area contributed by atoms with Crippen LogP contribution in [-0.2, 0) is 26.2 Å². The Hall–Kier alpha value is -3.36. The molecule has 0 aromatic heterocycles. The number of rotatable bonds is 12. The van der Waals surface area contributed by atoms with Gasteiger partial charge in [0.15, 0.2) is 0 Å². The molecule has 0 aliphatic heterocycles. The fourth-order valence-corrected chi connectivity index (χ4v) is 5.57. The SMILES string of the molecule is CCCNC(=O)[C@@H](CC)N(Cc1ccc(Cl)cc1)C(=O)CN(c1ccccc1)S(=O)(=O)c1ccc(C)cc1. The van der Waals surface area contributed by atoms with E-state index in [2.05, 4.69) is 5.32 Å². The summed E-state index contributed by atoms with van der Waals surface area (Å²) in [4.78, 5) is 28.5. The van der Waals surface area contributed by atoms with Gasteiger partial charge < -0.3 is 10.2 Å².